The van der Waals surface area contributed by atoms with Crippen LogP contribution < -0.4 is 0 Å². The molecule has 4 N–H and O–H groups in total. The molecule has 1 aliphatic rings. The standard InChI is InChI=1S/C52H100O12S/c1-3-5-7-9-11-13-15-17-18-19-20-21-22-23-24-25-26-27-28-29-30-32-34-36-38-40-42-60-44-46(62-48(54)41-39-37-35-33-31-16-14-12-10-8-6-4-2)45-61-52-50(56)51(64-65(57,58)59)49(55)47(43-53)63-52/h19-20,46-47,49-53,55-56H,3-18,21-45H2,1-2H3,(H,57,58,59)/b20-19-. The lowest BCUT2D eigenvalue weighted by Gasteiger charge is -2.41. The number of allylic oxidation sites excluding steroid dienone is 2. The largest absolute Gasteiger partial charge is 0.457 e. The van der Waals surface area contributed by atoms with Gasteiger partial charge in [-0.05, 0) is 38.5 Å². The summed E-state index contributed by atoms with van der Waals surface area (Å²) >= 11 is 0. The second-order valence-corrected chi connectivity index (χ2v) is 19.9. The Labute approximate surface area is 398 Å². The number of ether oxygens (including phenoxy) is 4. The van der Waals surface area contributed by atoms with E-state index >= 15 is 0 Å². The smallest absolute Gasteiger partial charge is 0.397 e. The monoisotopic (exact) mass is 949 g/mol. The van der Waals surface area contributed by atoms with Crippen molar-refractivity contribution < 1.29 is 56.2 Å². The molecule has 0 aromatic carbocycles. The van der Waals surface area contributed by atoms with E-state index in [0.29, 0.717) is 13.0 Å². The number of aliphatic hydroxyl groups is 3. The second kappa shape index (κ2) is 44.1. The first kappa shape index (κ1) is 61.9. The quantitative estimate of drug-likeness (QED) is 0.0197. The summed E-state index contributed by atoms with van der Waals surface area (Å²) in [6.07, 6.45) is 41.2. The fraction of sp³-hybridized carbons (Fsp3) is 0.942. The third-order valence-electron chi connectivity index (χ3n) is 12.6. The lowest BCUT2D eigenvalue weighted by atomic mass is 9.99. The SMILES string of the molecule is CCCCCCCCCC/C=C\CCCCCCCCCCCCCCCCOCC(COC1OC(CO)C(O)C(OS(=O)(=O)O)C1O)OC(=O)CCCCCCCCCCCCCC. The molecule has 1 fully saturated rings. The topological polar surface area (TPSA) is 178 Å². The summed E-state index contributed by atoms with van der Waals surface area (Å²) in [6.45, 7) is 4.03. The molecule has 6 atom stereocenters. The number of rotatable bonds is 48. The minimum atomic E-state index is -5.06. The Balaban J connectivity index is 2.25. The van der Waals surface area contributed by atoms with E-state index in [1.165, 1.54) is 186 Å². The lowest BCUT2D eigenvalue weighted by molar-refractivity contribution is -0.301. The van der Waals surface area contributed by atoms with Crippen molar-refractivity contribution in [3.63, 3.8) is 0 Å². The molecule has 1 rings (SSSR count). The summed E-state index contributed by atoms with van der Waals surface area (Å²) in [5.74, 6) is -0.395. The van der Waals surface area contributed by atoms with Gasteiger partial charge in [-0.2, -0.15) is 8.42 Å². The van der Waals surface area contributed by atoms with E-state index in [1.54, 1.807) is 0 Å². The zero-order chi connectivity index (χ0) is 47.5. The van der Waals surface area contributed by atoms with Crippen LogP contribution in [0.2, 0.25) is 0 Å². The van der Waals surface area contributed by atoms with E-state index in [1.807, 2.05) is 0 Å². The summed E-state index contributed by atoms with van der Waals surface area (Å²) in [7, 11) is -5.06. The number of carbonyl (C=O) groups is 1. The summed E-state index contributed by atoms with van der Waals surface area (Å²) in [5.41, 5.74) is 0. The highest BCUT2D eigenvalue weighted by Crippen LogP contribution is 2.26. The van der Waals surface area contributed by atoms with Crippen LogP contribution in [0.5, 0.6) is 0 Å². The van der Waals surface area contributed by atoms with Crippen molar-refractivity contribution in [2.75, 3.05) is 26.4 Å². The van der Waals surface area contributed by atoms with E-state index in [4.69, 9.17) is 18.9 Å². The van der Waals surface area contributed by atoms with Crippen LogP contribution in [0.25, 0.3) is 0 Å². The Bertz CT molecular complexity index is 1190. The van der Waals surface area contributed by atoms with E-state index in [-0.39, 0.29) is 19.6 Å². The Morgan fingerprint density at radius 3 is 1.38 bits per heavy atom. The van der Waals surface area contributed by atoms with Crippen LogP contribution in [-0.2, 0) is 38.3 Å². The van der Waals surface area contributed by atoms with Crippen molar-refractivity contribution >= 4 is 16.4 Å². The zero-order valence-corrected chi connectivity index (χ0v) is 42.4. The van der Waals surface area contributed by atoms with Crippen molar-refractivity contribution in [3.05, 3.63) is 12.2 Å². The maximum atomic E-state index is 12.9. The molecule has 6 unspecified atom stereocenters. The van der Waals surface area contributed by atoms with Crippen LogP contribution in [0.15, 0.2) is 12.2 Å². The third-order valence-corrected chi connectivity index (χ3v) is 13.1. The molecular weight excluding hydrogens is 849 g/mol. The van der Waals surface area contributed by atoms with Gasteiger partial charge < -0.3 is 34.3 Å². The van der Waals surface area contributed by atoms with Crippen LogP contribution in [-0.4, -0.2) is 97.5 Å². The fourth-order valence-corrected chi connectivity index (χ4v) is 9.06. The van der Waals surface area contributed by atoms with Gasteiger partial charge in [-0.3, -0.25) is 9.35 Å². The predicted molar refractivity (Wildman–Crippen MR) is 262 cm³/mol. The number of hydrogen-bond acceptors (Lipinski definition) is 11. The maximum Gasteiger partial charge on any atom is 0.397 e. The highest BCUT2D eigenvalue weighted by molar-refractivity contribution is 7.80. The lowest BCUT2D eigenvalue weighted by Crippen LogP contribution is -2.60. The number of esters is 1. The van der Waals surface area contributed by atoms with Crippen LogP contribution in [0.3, 0.4) is 0 Å². The summed E-state index contributed by atoms with van der Waals surface area (Å²) in [6, 6.07) is 0. The van der Waals surface area contributed by atoms with Gasteiger partial charge in [0.15, 0.2) is 6.29 Å². The van der Waals surface area contributed by atoms with Crippen molar-refractivity contribution in [1.82, 2.24) is 0 Å². The van der Waals surface area contributed by atoms with Crippen LogP contribution >= 0.6 is 0 Å². The first-order chi connectivity index (χ1) is 31.6. The number of aliphatic hydroxyl groups excluding tert-OH is 3. The van der Waals surface area contributed by atoms with Gasteiger partial charge in [-0.15, -0.1) is 0 Å². The molecule has 1 saturated heterocycles. The molecule has 0 saturated carbocycles. The Morgan fingerprint density at radius 1 is 0.569 bits per heavy atom. The molecule has 12 nitrogen and oxygen atoms in total. The minimum Gasteiger partial charge on any atom is -0.457 e. The number of hydrogen-bond donors (Lipinski definition) is 4. The van der Waals surface area contributed by atoms with Gasteiger partial charge in [0.2, 0.25) is 0 Å². The van der Waals surface area contributed by atoms with Crippen molar-refractivity contribution in [1.29, 1.82) is 0 Å². The summed E-state index contributed by atoms with van der Waals surface area (Å²) in [5, 5.41) is 30.7. The molecule has 0 aromatic heterocycles. The van der Waals surface area contributed by atoms with E-state index in [9.17, 15) is 33.1 Å². The number of carbonyl (C=O) groups excluding carboxylic acids is 1. The van der Waals surface area contributed by atoms with Crippen LogP contribution in [0.4, 0.5) is 0 Å². The highest BCUT2D eigenvalue weighted by atomic mass is 32.3. The maximum absolute atomic E-state index is 12.9. The predicted octanol–water partition coefficient (Wildman–Crippen LogP) is 12.6. The second-order valence-electron chi connectivity index (χ2n) is 18.8. The highest BCUT2D eigenvalue weighted by Gasteiger charge is 2.48. The normalized spacial score (nSPS) is 19.6. The molecule has 13 heteroatoms. The molecule has 386 valence electrons. The molecule has 0 radical (unpaired) electrons. The van der Waals surface area contributed by atoms with Crippen LogP contribution in [0, 0.1) is 0 Å². The molecule has 0 bridgehead atoms. The molecule has 0 amide bonds. The van der Waals surface area contributed by atoms with Gasteiger partial charge in [0.1, 0.15) is 30.5 Å². The van der Waals surface area contributed by atoms with Crippen molar-refractivity contribution in [2.45, 2.75) is 288 Å². The van der Waals surface area contributed by atoms with Crippen molar-refractivity contribution in [2.24, 2.45) is 0 Å². The third kappa shape index (κ3) is 37.4. The average Bonchev–Trinajstić information content (AvgIpc) is 3.28. The van der Waals surface area contributed by atoms with Crippen molar-refractivity contribution in [3.8, 4) is 0 Å². The van der Waals surface area contributed by atoms with E-state index < -0.39 is 59.8 Å². The Kier molecular flexibility index (Phi) is 41.9. The molecule has 1 aliphatic heterocycles. The summed E-state index contributed by atoms with van der Waals surface area (Å²) in [4.78, 5) is 12.9. The molecule has 65 heavy (non-hydrogen) atoms. The van der Waals surface area contributed by atoms with Gasteiger partial charge in [0, 0.05) is 13.0 Å². The first-order valence-corrected chi connectivity index (χ1v) is 28.3. The zero-order valence-electron chi connectivity index (χ0n) is 41.6. The molecule has 1 heterocycles. The van der Waals surface area contributed by atoms with E-state index in [2.05, 4.69) is 30.2 Å². The van der Waals surface area contributed by atoms with Gasteiger partial charge in [0.05, 0.1) is 19.8 Å². The molecule has 0 aromatic rings. The fourth-order valence-electron chi connectivity index (χ4n) is 8.55. The van der Waals surface area contributed by atoms with E-state index in [0.717, 1.165) is 38.5 Å². The van der Waals surface area contributed by atoms with Crippen LogP contribution in [0.1, 0.15) is 251 Å². The number of unbranched alkanes of at least 4 members (excludes halogenated alkanes) is 33. The minimum absolute atomic E-state index is 0.0424. The van der Waals surface area contributed by atoms with Gasteiger partial charge in [0.25, 0.3) is 0 Å². The summed E-state index contributed by atoms with van der Waals surface area (Å²) < 4.78 is 59.2. The van der Waals surface area contributed by atoms with Gasteiger partial charge in [-0.1, -0.05) is 219 Å². The van der Waals surface area contributed by atoms with Gasteiger partial charge >= 0.3 is 16.4 Å². The Hall–Kier alpha value is -1.16. The average molecular weight is 949 g/mol. The molecular formula is C52H100O12S. The Morgan fingerprint density at radius 2 is 0.969 bits per heavy atom. The molecule has 0 aliphatic carbocycles. The van der Waals surface area contributed by atoms with Gasteiger partial charge in [-0.25, -0.2) is 4.18 Å². The first-order valence-electron chi connectivity index (χ1n) is 26.9. The molecule has 0 spiro atoms.